The minimum absolute atomic E-state index is 0.195. The largest absolute Gasteiger partial charge is 0.316 e. The number of rotatable bonds is 3. The molecule has 0 heterocycles. The maximum absolute atomic E-state index is 11.4. The number of benzene rings is 1. The molecule has 0 N–H and O–H groups in total. The molecule has 0 bridgehead atoms. The Morgan fingerprint density at radius 3 is 2.21 bits per heavy atom. The van der Waals surface area contributed by atoms with E-state index in [0.717, 1.165) is 5.56 Å². The van der Waals surface area contributed by atoms with Gasteiger partial charge in [-0.15, -0.1) is 0 Å². The Kier molecular flexibility index (Phi) is 3.52. The summed E-state index contributed by atoms with van der Waals surface area (Å²) in [5.74, 6) is 0. The molecule has 0 spiro atoms. The molecule has 0 saturated heterocycles. The molecule has 1 rings (SSSR count). The molecular weight excluding hydrogens is 219 g/mol. The number of hydrogen-bond donors (Lipinski definition) is 0. The van der Waals surface area contributed by atoms with Gasteiger partial charge in [0, 0.05) is 11.4 Å². The first-order valence-corrected chi connectivity index (χ1v) is 7.20. The molecule has 0 radical (unpaired) electrons. The number of hydrogen-bond acceptors (Lipinski definition) is 2. The molecule has 76 valence electrons. The van der Waals surface area contributed by atoms with E-state index in [4.69, 9.17) is 11.6 Å². The smallest absolute Gasteiger partial charge is 0.195 e. The van der Waals surface area contributed by atoms with Crippen molar-refractivity contribution in [1.29, 1.82) is 0 Å². The van der Waals surface area contributed by atoms with Crippen LogP contribution in [0.5, 0.6) is 0 Å². The van der Waals surface area contributed by atoms with Crippen molar-refractivity contribution in [1.82, 2.24) is 0 Å². The average Bonchev–Trinajstić information content (AvgIpc) is 2.07. The van der Waals surface area contributed by atoms with E-state index in [1.165, 1.54) is 13.3 Å². The van der Waals surface area contributed by atoms with Crippen LogP contribution in [-0.2, 0) is 15.8 Å². The molecule has 0 amide bonds. The molecule has 0 unspecified atom stereocenters. The third kappa shape index (κ3) is 3.28. The van der Waals surface area contributed by atoms with Gasteiger partial charge in [-0.3, -0.25) is 4.79 Å². The van der Waals surface area contributed by atoms with E-state index in [0.29, 0.717) is 5.02 Å². The van der Waals surface area contributed by atoms with Gasteiger partial charge in [0.2, 0.25) is 0 Å². The van der Waals surface area contributed by atoms with Crippen molar-refractivity contribution in [2.45, 2.75) is 6.42 Å². The molecule has 1 aromatic carbocycles. The number of carbonyl (C=O) groups excluding carboxylic acids is 1. The van der Waals surface area contributed by atoms with Gasteiger partial charge < -0.3 is 4.57 Å². The molecule has 0 aliphatic carbocycles. The highest BCUT2D eigenvalue weighted by molar-refractivity contribution is 7.79. The molecule has 0 aromatic heterocycles. The zero-order chi connectivity index (χ0) is 10.8. The highest BCUT2D eigenvalue weighted by atomic mass is 35.5. The van der Waals surface area contributed by atoms with E-state index >= 15 is 0 Å². The lowest BCUT2D eigenvalue weighted by Crippen LogP contribution is -2.01. The van der Waals surface area contributed by atoms with Crippen molar-refractivity contribution in [3.63, 3.8) is 0 Å². The third-order valence-electron chi connectivity index (χ3n) is 1.87. The normalized spacial score (nSPS) is 11.4. The van der Waals surface area contributed by atoms with E-state index < -0.39 is 7.14 Å². The van der Waals surface area contributed by atoms with Crippen LogP contribution in [0, 0.1) is 0 Å². The lowest BCUT2D eigenvalue weighted by atomic mass is 10.2. The number of halogens is 1. The summed E-state index contributed by atoms with van der Waals surface area (Å²) in [7, 11) is -2.61. The predicted octanol–water partition coefficient (Wildman–Crippen LogP) is 3.03. The summed E-state index contributed by atoms with van der Waals surface area (Å²) in [6.07, 6.45) is 0.224. The summed E-state index contributed by atoms with van der Waals surface area (Å²) < 4.78 is 11.4. The minimum Gasteiger partial charge on any atom is -0.316 e. The Hall–Kier alpha value is -0.590. The van der Waals surface area contributed by atoms with Crippen molar-refractivity contribution in [3.8, 4) is 0 Å². The standard InChI is InChI=1S/C10H12ClO2P/c1-14(2,13)10(12)7-8-3-5-9(11)6-4-8/h3-6H,7H2,1-2H3. The van der Waals surface area contributed by atoms with Crippen molar-refractivity contribution < 1.29 is 9.36 Å². The quantitative estimate of drug-likeness (QED) is 0.748. The molecule has 2 nitrogen and oxygen atoms in total. The Balaban J connectivity index is 2.76. The van der Waals surface area contributed by atoms with Crippen molar-refractivity contribution in [2.24, 2.45) is 0 Å². The molecule has 0 saturated carbocycles. The second-order valence-electron chi connectivity index (χ2n) is 3.55. The van der Waals surface area contributed by atoms with Crippen molar-refractivity contribution in [2.75, 3.05) is 13.3 Å². The van der Waals surface area contributed by atoms with Crippen LogP contribution in [0.1, 0.15) is 5.56 Å². The Labute approximate surface area is 88.6 Å². The Bertz CT molecular complexity index is 378. The molecule has 0 aliphatic rings. The minimum atomic E-state index is -2.61. The van der Waals surface area contributed by atoms with Crippen molar-refractivity contribution in [3.05, 3.63) is 34.9 Å². The van der Waals surface area contributed by atoms with Gasteiger partial charge in [0.1, 0.15) is 7.14 Å². The van der Waals surface area contributed by atoms with E-state index in [2.05, 4.69) is 0 Å². The van der Waals surface area contributed by atoms with Crippen LogP contribution in [0.15, 0.2) is 24.3 Å². The summed E-state index contributed by atoms with van der Waals surface area (Å²) in [5.41, 5.74) is 0.656. The second kappa shape index (κ2) is 4.29. The fourth-order valence-electron chi connectivity index (χ4n) is 0.967. The van der Waals surface area contributed by atoms with Crippen LogP contribution in [-0.4, -0.2) is 18.9 Å². The summed E-state index contributed by atoms with van der Waals surface area (Å²) in [5, 5.41) is 0.636. The first-order valence-electron chi connectivity index (χ1n) is 4.22. The van der Waals surface area contributed by atoms with Gasteiger partial charge in [-0.2, -0.15) is 0 Å². The highest BCUT2D eigenvalue weighted by Gasteiger charge is 2.18. The van der Waals surface area contributed by atoms with Crippen LogP contribution in [0.2, 0.25) is 5.02 Å². The van der Waals surface area contributed by atoms with Gasteiger partial charge in [-0.25, -0.2) is 0 Å². The fraction of sp³-hybridized carbons (Fsp3) is 0.300. The van der Waals surface area contributed by atoms with Crippen LogP contribution in [0.25, 0.3) is 0 Å². The average molecular weight is 231 g/mol. The summed E-state index contributed by atoms with van der Waals surface area (Å²) >= 11 is 5.70. The first kappa shape index (κ1) is 11.5. The topological polar surface area (TPSA) is 34.1 Å². The third-order valence-corrected chi connectivity index (χ3v) is 3.48. The fourth-order valence-corrected chi connectivity index (χ4v) is 1.66. The van der Waals surface area contributed by atoms with E-state index in [9.17, 15) is 9.36 Å². The highest BCUT2D eigenvalue weighted by Crippen LogP contribution is 2.38. The van der Waals surface area contributed by atoms with Crippen molar-refractivity contribution >= 4 is 24.3 Å². The zero-order valence-electron chi connectivity index (χ0n) is 8.16. The molecule has 0 aliphatic heterocycles. The van der Waals surface area contributed by atoms with Crippen LogP contribution in [0.3, 0.4) is 0 Å². The van der Waals surface area contributed by atoms with Gasteiger partial charge >= 0.3 is 0 Å². The lowest BCUT2D eigenvalue weighted by Gasteiger charge is -2.05. The van der Waals surface area contributed by atoms with E-state index in [1.807, 2.05) is 0 Å². The monoisotopic (exact) mass is 230 g/mol. The van der Waals surface area contributed by atoms with Crippen LogP contribution in [0.4, 0.5) is 0 Å². The van der Waals surface area contributed by atoms with Gasteiger partial charge in [-0.05, 0) is 31.0 Å². The lowest BCUT2D eigenvalue weighted by molar-refractivity contribution is -0.111. The molecule has 1 aromatic rings. The van der Waals surface area contributed by atoms with Gasteiger partial charge in [0.05, 0.1) is 0 Å². The van der Waals surface area contributed by atoms with Crippen LogP contribution >= 0.6 is 18.7 Å². The number of carbonyl (C=O) groups is 1. The molecule has 0 atom stereocenters. The second-order valence-corrected chi connectivity index (χ2v) is 7.18. The maximum Gasteiger partial charge on any atom is 0.195 e. The van der Waals surface area contributed by atoms with Gasteiger partial charge in [0.25, 0.3) is 0 Å². The predicted molar refractivity (Wildman–Crippen MR) is 59.6 cm³/mol. The summed E-state index contributed by atoms with van der Waals surface area (Å²) in [6.45, 7) is 2.98. The van der Waals surface area contributed by atoms with E-state index in [-0.39, 0.29) is 11.9 Å². The molecule has 4 heteroatoms. The molecular formula is C10H12ClO2P. The van der Waals surface area contributed by atoms with Gasteiger partial charge in [0.15, 0.2) is 5.52 Å². The Morgan fingerprint density at radius 1 is 1.29 bits per heavy atom. The SMILES string of the molecule is CP(C)(=O)C(=O)Cc1ccc(Cl)cc1. The first-order chi connectivity index (χ1) is 6.39. The zero-order valence-corrected chi connectivity index (χ0v) is 9.81. The van der Waals surface area contributed by atoms with Gasteiger partial charge in [-0.1, -0.05) is 23.7 Å². The molecule has 14 heavy (non-hydrogen) atoms. The Morgan fingerprint density at radius 2 is 1.79 bits per heavy atom. The van der Waals surface area contributed by atoms with Crippen LogP contribution < -0.4 is 0 Å². The van der Waals surface area contributed by atoms with E-state index in [1.54, 1.807) is 24.3 Å². The summed E-state index contributed by atoms with van der Waals surface area (Å²) in [4.78, 5) is 11.4. The molecule has 0 fully saturated rings. The summed E-state index contributed by atoms with van der Waals surface area (Å²) in [6, 6.07) is 6.99. The maximum atomic E-state index is 11.4.